The predicted molar refractivity (Wildman–Crippen MR) is 102 cm³/mol. The second-order valence-electron chi connectivity index (χ2n) is 6.29. The lowest BCUT2D eigenvalue weighted by Gasteiger charge is -2.14. The Bertz CT molecular complexity index is 841. The van der Waals surface area contributed by atoms with E-state index < -0.39 is 0 Å². The van der Waals surface area contributed by atoms with Crippen LogP contribution in [-0.4, -0.2) is 29.3 Å². The number of carbonyl (C=O) groups excluding carboxylic acids is 1. The van der Waals surface area contributed by atoms with Gasteiger partial charge in [-0.25, -0.2) is 0 Å². The van der Waals surface area contributed by atoms with Gasteiger partial charge in [-0.1, -0.05) is 30.3 Å². The Kier molecular flexibility index (Phi) is 5.69. The zero-order valence-electron chi connectivity index (χ0n) is 15.0. The Labute approximate surface area is 153 Å². The lowest BCUT2D eigenvalue weighted by molar-refractivity contribution is 0.0939. The van der Waals surface area contributed by atoms with Crippen LogP contribution < -0.4 is 10.1 Å². The second-order valence-corrected chi connectivity index (χ2v) is 6.29. The highest BCUT2D eigenvalue weighted by Gasteiger charge is 2.17. The Morgan fingerprint density at radius 2 is 1.88 bits per heavy atom. The molecule has 26 heavy (non-hydrogen) atoms. The molecule has 0 bridgehead atoms. The van der Waals surface area contributed by atoms with E-state index in [0.29, 0.717) is 11.3 Å². The van der Waals surface area contributed by atoms with Gasteiger partial charge in [-0.15, -0.1) is 0 Å². The molecule has 0 saturated heterocycles. The molecule has 0 fully saturated rings. The van der Waals surface area contributed by atoms with Crippen LogP contribution in [0, 0.1) is 0 Å². The van der Waals surface area contributed by atoms with Crippen LogP contribution in [-0.2, 0) is 6.42 Å². The van der Waals surface area contributed by atoms with E-state index in [1.165, 1.54) is 5.56 Å². The lowest BCUT2D eigenvalue weighted by atomic mass is 10.0. The highest BCUT2D eigenvalue weighted by Crippen LogP contribution is 2.23. The highest BCUT2D eigenvalue weighted by molar-refractivity contribution is 5.99. The van der Waals surface area contributed by atoms with Gasteiger partial charge < -0.3 is 10.1 Å². The molecule has 1 amide bonds. The number of amides is 1. The third-order valence-corrected chi connectivity index (χ3v) is 4.35. The number of carbonyl (C=O) groups is 1. The first kappa shape index (κ1) is 17.7. The first-order chi connectivity index (χ1) is 12.7. The van der Waals surface area contributed by atoms with E-state index in [-0.39, 0.29) is 11.9 Å². The van der Waals surface area contributed by atoms with Crippen LogP contribution in [0.5, 0.6) is 5.75 Å². The number of hydrogen-bond donors (Lipinski definition) is 2. The first-order valence-corrected chi connectivity index (χ1v) is 8.70. The van der Waals surface area contributed by atoms with Crippen molar-refractivity contribution in [2.24, 2.45) is 0 Å². The number of H-pyrrole nitrogens is 1. The van der Waals surface area contributed by atoms with E-state index >= 15 is 0 Å². The summed E-state index contributed by atoms with van der Waals surface area (Å²) in [7, 11) is 1.63. The molecule has 1 atom stereocenters. The van der Waals surface area contributed by atoms with Crippen molar-refractivity contribution in [2.45, 2.75) is 25.8 Å². The van der Waals surface area contributed by atoms with Crippen LogP contribution in [0.1, 0.15) is 29.3 Å². The summed E-state index contributed by atoms with van der Waals surface area (Å²) >= 11 is 0. The third kappa shape index (κ3) is 4.30. The van der Waals surface area contributed by atoms with Crippen molar-refractivity contribution in [3.05, 3.63) is 71.9 Å². The number of aromatic amines is 1. The molecule has 0 aliphatic rings. The molecule has 3 aromatic rings. The van der Waals surface area contributed by atoms with Crippen molar-refractivity contribution in [3.63, 3.8) is 0 Å². The zero-order valence-corrected chi connectivity index (χ0v) is 15.0. The Balaban J connectivity index is 1.64. The van der Waals surface area contributed by atoms with E-state index in [9.17, 15) is 4.79 Å². The fourth-order valence-corrected chi connectivity index (χ4v) is 2.84. The van der Waals surface area contributed by atoms with Crippen molar-refractivity contribution in [3.8, 4) is 17.0 Å². The summed E-state index contributed by atoms with van der Waals surface area (Å²) < 4.78 is 5.18. The van der Waals surface area contributed by atoms with Gasteiger partial charge in [0.1, 0.15) is 5.75 Å². The molecule has 0 radical (unpaired) electrons. The van der Waals surface area contributed by atoms with Crippen LogP contribution in [0.15, 0.2) is 60.8 Å². The number of nitrogens with zero attached hydrogens (tertiary/aromatic N) is 1. The number of hydrogen-bond acceptors (Lipinski definition) is 3. The maximum absolute atomic E-state index is 12.6. The van der Waals surface area contributed by atoms with E-state index in [0.717, 1.165) is 24.2 Å². The predicted octanol–water partition coefficient (Wildman–Crippen LogP) is 3.84. The second kappa shape index (κ2) is 8.34. The van der Waals surface area contributed by atoms with Crippen molar-refractivity contribution < 1.29 is 9.53 Å². The molecule has 0 aliphatic heterocycles. The number of methoxy groups -OCH3 is 1. The fourth-order valence-electron chi connectivity index (χ4n) is 2.84. The monoisotopic (exact) mass is 349 g/mol. The number of ether oxygens (including phenoxy) is 1. The summed E-state index contributed by atoms with van der Waals surface area (Å²) in [6.07, 6.45) is 3.38. The number of nitrogens with one attached hydrogen (secondary N) is 2. The van der Waals surface area contributed by atoms with Crippen molar-refractivity contribution >= 4 is 5.91 Å². The largest absolute Gasteiger partial charge is 0.497 e. The van der Waals surface area contributed by atoms with E-state index in [1.807, 2.05) is 49.4 Å². The molecule has 1 aromatic heterocycles. The summed E-state index contributed by atoms with van der Waals surface area (Å²) in [6.45, 7) is 2.02. The Hall–Kier alpha value is -3.08. The third-order valence-electron chi connectivity index (χ3n) is 4.35. The molecule has 134 valence electrons. The van der Waals surface area contributed by atoms with E-state index in [4.69, 9.17) is 4.74 Å². The first-order valence-electron chi connectivity index (χ1n) is 8.70. The Morgan fingerprint density at radius 3 is 2.58 bits per heavy atom. The molecule has 0 spiro atoms. The topological polar surface area (TPSA) is 67.0 Å². The molecule has 1 heterocycles. The molecular formula is C21H23N3O2. The SMILES string of the molecule is COc1ccc(-c2[nH]ncc2C(=O)NC(C)CCc2ccccc2)cc1. The quantitative estimate of drug-likeness (QED) is 0.681. The van der Waals surface area contributed by atoms with E-state index in [1.54, 1.807) is 13.3 Å². The summed E-state index contributed by atoms with van der Waals surface area (Å²) in [6, 6.07) is 17.9. The zero-order chi connectivity index (χ0) is 18.4. The van der Waals surface area contributed by atoms with Crippen molar-refractivity contribution in [2.75, 3.05) is 7.11 Å². The molecule has 5 heteroatoms. The van der Waals surface area contributed by atoms with E-state index in [2.05, 4.69) is 27.6 Å². The van der Waals surface area contributed by atoms with Crippen LogP contribution in [0.25, 0.3) is 11.3 Å². The minimum absolute atomic E-state index is 0.0707. The molecule has 2 N–H and O–H groups in total. The number of benzene rings is 2. The minimum atomic E-state index is -0.120. The molecular weight excluding hydrogens is 326 g/mol. The molecule has 5 nitrogen and oxygen atoms in total. The van der Waals surface area contributed by atoms with Gasteiger partial charge in [-0.2, -0.15) is 5.10 Å². The van der Waals surface area contributed by atoms with Gasteiger partial charge in [0, 0.05) is 11.6 Å². The maximum Gasteiger partial charge on any atom is 0.255 e. The smallest absolute Gasteiger partial charge is 0.255 e. The van der Waals surface area contributed by atoms with Crippen LogP contribution in [0.3, 0.4) is 0 Å². The van der Waals surface area contributed by atoms with Gasteiger partial charge in [0.25, 0.3) is 5.91 Å². The average Bonchev–Trinajstić information content (AvgIpc) is 3.17. The van der Waals surface area contributed by atoms with Crippen LogP contribution in [0.2, 0.25) is 0 Å². The number of rotatable bonds is 7. The minimum Gasteiger partial charge on any atom is -0.497 e. The van der Waals surface area contributed by atoms with Gasteiger partial charge in [0.05, 0.1) is 24.6 Å². The summed E-state index contributed by atoms with van der Waals surface area (Å²) in [5.74, 6) is 0.652. The van der Waals surface area contributed by atoms with Crippen LogP contribution in [0.4, 0.5) is 0 Å². The molecule has 2 aromatic carbocycles. The molecule has 1 unspecified atom stereocenters. The highest BCUT2D eigenvalue weighted by atomic mass is 16.5. The summed E-state index contributed by atoms with van der Waals surface area (Å²) in [5, 5.41) is 10.0. The standard InChI is InChI=1S/C21H23N3O2/c1-15(8-9-16-6-4-3-5-7-16)23-21(25)19-14-22-24-20(19)17-10-12-18(26-2)13-11-17/h3-7,10-15H,8-9H2,1-2H3,(H,22,24)(H,23,25). The number of aryl methyl sites for hydroxylation is 1. The van der Waals surface area contributed by atoms with Gasteiger partial charge >= 0.3 is 0 Å². The Morgan fingerprint density at radius 1 is 1.15 bits per heavy atom. The summed E-state index contributed by atoms with van der Waals surface area (Å²) in [5.41, 5.74) is 3.42. The van der Waals surface area contributed by atoms with Gasteiger partial charge in [0.2, 0.25) is 0 Å². The number of aromatic nitrogens is 2. The average molecular weight is 349 g/mol. The van der Waals surface area contributed by atoms with Gasteiger partial charge in [-0.05, 0) is 49.6 Å². The normalized spacial score (nSPS) is 11.8. The van der Waals surface area contributed by atoms with Crippen molar-refractivity contribution in [1.29, 1.82) is 0 Å². The molecule has 0 aliphatic carbocycles. The summed E-state index contributed by atoms with van der Waals surface area (Å²) in [4.78, 5) is 12.6. The van der Waals surface area contributed by atoms with Crippen molar-refractivity contribution in [1.82, 2.24) is 15.5 Å². The lowest BCUT2D eigenvalue weighted by Crippen LogP contribution is -2.33. The molecule has 3 rings (SSSR count). The molecule has 0 saturated carbocycles. The maximum atomic E-state index is 12.6. The van der Waals surface area contributed by atoms with Gasteiger partial charge in [0.15, 0.2) is 0 Å². The fraction of sp³-hybridized carbons (Fsp3) is 0.238. The van der Waals surface area contributed by atoms with Gasteiger partial charge in [-0.3, -0.25) is 9.89 Å². The van der Waals surface area contributed by atoms with Crippen LogP contribution >= 0.6 is 0 Å².